The molecule has 100 heavy (non-hydrogen) atoms. The van der Waals surface area contributed by atoms with Crippen LogP contribution in [0.2, 0.25) is 0 Å². The van der Waals surface area contributed by atoms with Crippen LogP contribution in [-0.4, -0.2) is 231 Å². The van der Waals surface area contributed by atoms with Crippen molar-refractivity contribution in [2.75, 3.05) is 110 Å². The van der Waals surface area contributed by atoms with E-state index in [9.17, 15) is 39.0 Å². The number of piperazine rings is 1. The molecule has 1 aliphatic carbocycles. The number of ether oxygens (including phenoxy) is 9. The zero-order valence-corrected chi connectivity index (χ0v) is 60.4. The number of nitrogens with zero attached hydrogens (tertiary/aromatic N) is 7. The summed E-state index contributed by atoms with van der Waals surface area (Å²) in [6.07, 6.45) is 13.8. The molecule has 556 valence electrons. The minimum Gasteiger partial charge on any atom is -0.459 e. The van der Waals surface area contributed by atoms with E-state index in [1.54, 1.807) is 40.5 Å². The zero-order chi connectivity index (χ0) is 72.6. The number of carbonyl (C=O) groups is 6. The van der Waals surface area contributed by atoms with Crippen LogP contribution in [0, 0.1) is 29.6 Å². The van der Waals surface area contributed by atoms with E-state index < -0.39 is 114 Å². The zero-order valence-electron chi connectivity index (χ0n) is 60.4. The molecule has 2 aromatic rings. The number of nitrogens with one attached hydrogen (secondary N) is 2. The first-order valence-electron chi connectivity index (χ1n) is 35.5. The number of Topliss-reactive ketones (excluding diaryl/α,β-unsaturated/α-hetero) is 2. The number of ketones is 2. The highest BCUT2D eigenvalue weighted by atomic mass is 16.6. The van der Waals surface area contributed by atoms with Crippen LogP contribution in [0.5, 0.6) is 0 Å². The van der Waals surface area contributed by atoms with E-state index in [0.29, 0.717) is 140 Å². The molecule has 0 aromatic carbocycles. The first-order chi connectivity index (χ1) is 47.9. The van der Waals surface area contributed by atoms with Crippen LogP contribution >= 0.6 is 0 Å². The van der Waals surface area contributed by atoms with Gasteiger partial charge < -0.3 is 89.6 Å². The van der Waals surface area contributed by atoms with Crippen LogP contribution in [-0.2, 0) is 68.4 Å². The Balaban J connectivity index is 0.991. The minimum atomic E-state index is -2.48. The molecule has 16 atom stereocenters. The fourth-order valence-electron chi connectivity index (χ4n) is 13.9. The standard InChI is InChI=1S/C72H111N11O17/c1-12-96-32-33-97-31-25-75-66(87)53-43-78-70(80-65(53)74)82-29-27-81(28-30-82)69-76-40-51(41-77-69)42-79-71(90)99-56-24-22-50(37-60(56)94-10)36-54(73)59-39-58(93-9)46(4)35-48(6)62(85)63(95-11)61(84)47(5)34-44(2)18-14-13-15-19-45(3)57(92-8)38-52-23-21-49(7)72(91,100-52)64(86)67(88)83-26-17-16-20-55(83)68(89)98-59/h13-15,18-19,35,40-41,43-44,46-47,49-50,52,54-60,62-63,85,91H,12,16-17,20-34,36-39,42,73H2,1-11H3,(H,75,87)(H,79,90)(H2,74,78,80)/b15-13+,18-14+,45-19+,48-35+/t44-,46-,47-,49-,50+,52+,54-,55+,56-,57+,58-,59+,60-,62-,63+,72-/m1/s1. The lowest BCUT2D eigenvalue weighted by Gasteiger charge is -2.43. The van der Waals surface area contributed by atoms with Crippen molar-refractivity contribution in [2.24, 2.45) is 35.3 Å². The number of esters is 1. The molecule has 0 spiro atoms. The van der Waals surface area contributed by atoms with Crippen LogP contribution < -0.4 is 31.9 Å². The molecule has 5 aliphatic rings. The molecule has 3 amide bonds. The number of aliphatic hydroxyl groups is 2. The van der Waals surface area contributed by atoms with Crippen molar-refractivity contribution in [3.05, 3.63) is 77.3 Å². The summed E-state index contributed by atoms with van der Waals surface area (Å²) in [5, 5.41) is 29.5. The van der Waals surface area contributed by atoms with Crippen molar-refractivity contribution in [3.63, 3.8) is 0 Å². The quantitative estimate of drug-likeness (QED) is 0.0411. The number of allylic oxidation sites excluding steroid dienone is 5. The fourth-order valence-corrected chi connectivity index (χ4v) is 13.9. The molecule has 7 rings (SSSR count). The maximum Gasteiger partial charge on any atom is 0.407 e. The number of hydrogen-bond acceptors (Lipinski definition) is 25. The average molecular weight is 1400 g/mol. The first kappa shape index (κ1) is 80.5. The van der Waals surface area contributed by atoms with Crippen molar-refractivity contribution in [1.29, 1.82) is 0 Å². The summed E-state index contributed by atoms with van der Waals surface area (Å²) >= 11 is 0. The van der Waals surface area contributed by atoms with Gasteiger partial charge in [-0.05, 0) is 108 Å². The van der Waals surface area contributed by atoms with Crippen LogP contribution in [0.25, 0.3) is 0 Å². The Morgan fingerprint density at radius 2 is 1.46 bits per heavy atom. The molecule has 1 saturated carbocycles. The van der Waals surface area contributed by atoms with Gasteiger partial charge in [-0.15, -0.1) is 0 Å². The molecule has 6 heterocycles. The van der Waals surface area contributed by atoms with Gasteiger partial charge in [0.1, 0.15) is 36.3 Å². The number of cyclic esters (lactones) is 1. The van der Waals surface area contributed by atoms with E-state index in [2.05, 4.69) is 30.6 Å². The van der Waals surface area contributed by atoms with Gasteiger partial charge in [-0.25, -0.2) is 24.5 Å². The Hall–Kier alpha value is -6.86. The summed E-state index contributed by atoms with van der Waals surface area (Å²) in [7, 11) is 6.05. The number of aromatic nitrogens is 4. The maximum absolute atomic E-state index is 14.9. The first-order valence-corrected chi connectivity index (χ1v) is 35.5. The van der Waals surface area contributed by atoms with Crippen LogP contribution in [0.4, 0.5) is 22.5 Å². The molecule has 8 N–H and O–H groups in total. The number of amides is 3. The molecule has 0 radical (unpaired) electrons. The number of carbonyl (C=O) groups excluding carboxylic acids is 6. The summed E-state index contributed by atoms with van der Waals surface area (Å²) in [6.45, 7) is 17.4. The van der Waals surface area contributed by atoms with Gasteiger partial charge in [-0.3, -0.25) is 19.2 Å². The molecule has 4 fully saturated rings. The topological polar surface area (TPSA) is 363 Å². The van der Waals surface area contributed by atoms with Crippen molar-refractivity contribution in [3.8, 4) is 0 Å². The number of aliphatic hydroxyl groups excluding tert-OH is 1. The third-order valence-corrected chi connectivity index (χ3v) is 20.0. The summed E-state index contributed by atoms with van der Waals surface area (Å²) in [6, 6.07) is -2.01. The molecule has 3 saturated heterocycles. The van der Waals surface area contributed by atoms with Crippen molar-refractivity contribution >= 4 is 53.2 Å². The predicted molar refractivity (Wildman–Crippen MR) is 373 cm³/mol. The monoisotopic (exact) mass is 1400 g/mol. The predicted octanol–water partition coefficient (Wildman–Crippen LogP) is 5.52. The third-order valence-electron chi connectivity index (χ3n) is 20.0. The number of methoxy groups -OCH3 is 4. The van der Waals surface area contributed by atoms with Gasteiger partial charge in [0.05, 0.1) is 49.8 Å². The molecule has 28 heteroatoms. The van der Waals surface area contributed by atoms with Crippen molar-refractivity contribution in [1.82, 2.24) is 35.5 Å². The second-order valence-electron chi connectivity index (χ2n) is 27.3. The summed E-state index contributed by atoms with van der Waals surface area (Å²) in [4.78, 5) is 107. The lowest BCUT2D eigenvalue weighted by atomic mass is 9.80. The Kier molecular flexibility index (Phi) is 31.8. The van der Waals surface area contributed by atoms with E-state index in [1.807, 2.05) is 80.9 Å². The van der Waals surface area contributed by atoms with Crippen LogP contribution in [0.3, 0.4) is 0 Å². The van der Waals surface area contributed by atoms with Crippen molar-refractivity contribution in [2.45, 2.75) is 199 Å². The largest absolute Gasteiger partial charge is 0.459 e. The van der Waals surface area contributed by atoms with Gasteiger partial charge in [-0.1, -0.05) is 64.2 Å². The number of nitrogens with two attached hydrogens (primary N) is 2. The fraction of sp³-hybridized carbons (Fsp3) is 0.694. The number of alkyl carbamates (subject to hydrolysis) is 1. The number of rotatable bonds is 20. The number of nitrogen functional groups attached to an aromatic ring is 1. The number of fused-ring (bicyclic) bond motifs is 3. The van der Waals surface area contributed by atoms with E-state index in [4.69, 9.17) is 54.1 Å². The minimum absolute atomic E-state index is 0.000448. The van der Waals surface area contributed by atoms with E-state index in [0.717, 1.165) is 5.57 Å². The van der Waals surface area contributed by atoms with Gasteiger partial charge in [0.25, 0.3) is 17.6 Å². The molecule has 28 nitrogen and oxygen atoms in total. The highest BCUT2D eigenvalue weighted by molar-refractivity contribution is 6.39. The lowest BCUT2D eigenvalue weighted by Crippen LogP contribution is -2.61. The molecular formula is C72H111N11O17. The van der Waals surface area contributed by atoms with Gasteiger partial charge in [0.15, 0.2) is 5.78 Å². The normalized spacial score (nSPS) is 31.9. The maximum atomic E-state index is 14.9. The van der Waals surface area contributed by atoms with Gasteiger partial charge >= 0.3 is 12.1 Å². The Morgan fingerprint density at radius 1 is 0.760 bits per heavy atom. The highest BCUT2D eigenvalue weighted by Crippen LogP contribution is 2.38. The second-order valence-corrected chi connectivity index (χ2v) is 27.3. The average Bonchev–Trinajstić information content (AvgIpc) is 0.780. The molecule has 2 bridgehead atoms. The van der Waals surface area contributed by atoms with E-state index in [1.165, 1.54) is 25.3 Å². The molecule has 4 aliphatic heterocycles. The van der Waals surface area contributed by atoms with E-state index in [-0.39, 0.29) is 61.4 Å². The van der Waals surface area contributed by atoms with Gasteiger partial charge in [0, 0.05) is 142 Å². The summed E-state index contributed by atoms with van der Waals surface area (Å²) in [5.41, 5.74) is 15.6. The number of anilines is 3. The Morgan fingerprint density at radius 3 is 2.14 bits per heavy atom. The highest BCUT2D eigenvalue weighted by Gasteiger charge is 2.53. The molecular weight excluding hydrogens is 1290 g/mol. The second kappa shape index (κ2) is 39.5. The summed E-state index contributed by atoms with van der Waals surface area (Å²) < 4.78 is 53.1. The van der Waals surface area contributed by atoms with Crippen LogP contribution in [0.15, 0.2) is 66.2 Å². The summed E-state index contributed by atoms with van der Waals surface area (Å²) in [5.74, 6) is -6.85. The number of hydrogen-bond donors (Lipinski definition) is 6. The SMILES string of the molecule is CCOCCOCCNC(=O)c1cnc(N2CCN(c3ncc(CNC(=O)O[C@@H]4CC[C@@H](C[C@@H](N)[C@@H]5C[C@@H](OC)[C@H](C)/C=C(\C)[C@@H](O)[C@@H](OC)C(=O)[C@H](C)C[C@H](C)/C=C/C=C/C=C(\C)[C@@H](OC)C[C@@H]6CC[C@@H](C)[C@@](O)(O6)C(=O)C(=O)N6CCCC[C@H]6C(=O)O5)C[C@H]4OC)cn3)CC2)nc1N. The van der Waals surface area contributed by atoms with Crippen molar-refractivity contribution < 1.29 is 81.6 Å². The smallest absolute Gasteiger partial charge is 0.407 e. The van der Waals surface area contributed by atoms with Crippen LogP contribution in [0.1, 0.15) is 141 Å². The Bertz CT molecular complexity index is 3110. The third kappa shape index (κ3) is 22.3. The molecule has 2 aromatic heterocycles. The lowest BCUT2D eigenvalue weighted by molar-refractivity contribution is -0.265. The number of piperidine rings is 1. The van der Waals surface area contributed by atoms with E-state index >= 15 is 0 Å². The van der Waals surface area contributed by atoms with Gasteiger partial charge in [-0.2, -0.15) is 4.98 Å². The van der Waals surface area contributed by atoms with Gasteiger partial charge in [0.2, 0.25) is 17.7 Å². The Labute approximate surface area is 589 Å². The molecule has 0 unspecified atom stereocenters.